The summed E-state index contributed by atoms with van der Waals surface area (Å²) >= 11 is 11.5. The lowest BCUT2D eigenvalue weighted by Gasteiger charge is -2.29. The standard InChI is InChI=1S/C8H15Cl2NO.H2O/c9-8(10,6-12)11-7-4-2-1-3-5-7;/h7,11-12H,1-6H2;1H2. The Balaban J connectivity index is 0.00000144. The van der Waals surface area contributed by atoms with E-state index >= 15 is 0 Å². The largest absolute Gasteiger partial charge is 0.412 e. The van der Waals surface area contributed by atoms with Gasteiger partial charge in [0.25, 0.3) is 0 Å². The molecule has 0 bridgehead atoms. The van der Waals surface area contributed by atoms with Crippen LogP contribution in [0.5, 0.6) is 0 Å². The van der Waals surface area contributed by atoms with Crippen molar-refractivity contribution in [3.8, 4) is 0 Å². The highest BCUT2D eigenvalue weighted by Gasteiger charge is 2.26. The molecular weight excluding hydrogens is 213 g/mol. The third-order valence-electron chi connectivity index (χ3n) is 2.22. The minimum atomic E-state index is -1.15. The van der Waals surface area contributed by atoms with E-state index in [-0.39, 0.29) is 12.1 Å². The van der Waals surface area contributed by atoms with Gasteiger partial charge in [-0.05, 0) is 12.8 Å². The maximum Gasteiger partial charge on any atom is 0.192 e. The van der Waals surface area contributed by atoms with Crippen LogP contribution in [0.2, 0.25) is 0 Å². The molecule has 1 aliphatic rings. The molecule has 1 rings (SSSR count). The van der Waals surface area contributed by atoms with E-state index < -0.39 is 4.46 Å². The molecular formula is C8H17Cl2NO2. The third-order valence-corrected chi connectivity index (χ3v) is 2.68. The molecule has 0 heterocycles. The molecule has 0 aliphatic heterocycles. The second-order valence-corrected chi connectivity index (χ2v) is 4.83. The van der Waals surface area contributed by atoms with Crippen molar-refractivity contribution in [1.82, 2.24) is 5.32 Å². The summed E-state index contributed by atoms with van der Waals surface area (Å²) in [5.41, 5.74) is 0. The van der Waals surface area contributed by atoms with Gasteiger partial charge in [-0.1, -0.05) is 42.5 Å². The molecule has 1 saturated carbocycles. The van der Waals surface area contributed by atoms with Crippen molar-refractivity contribution in [3.63, 3.8) is 0 Å². The summed E-state index contributed by atoms with van der Waals surface area (Å²) in [6, 6.07) is 0.376. The minimum absolute atomic E-state index is 0. The maximum atomic E-state index is 8.80. The summed E-state index contributed by atoms with van der Waals surface area (Å²) < 4.78 is -1.15. The second kappa shape index (κ2) is 6.04. The summed E-state index contributed by atoms with van der Waals surface area (Å²) in [6.07, 6.45) is 5.98. The Hall–Kier alpha value is 0.460. The zero-order chi connectivity index (χ0) is 9.03. The predicted molar refractivity (Wildman–Crippen MR) is 55.1 cm³/mol. The Kier molecular flexibility index (Phi) is 6.25. The molecule has 0 atom stereocenters. The first-order valence-electron chi connectivity index (χ1n) is 4.40. The predicted octanol–water partition coefficient (Wildman–Crippen LogP) is 1.21. The lowest BCUT2D eigenvalue weighted by Crippen LogP contribution is -2.45. The fraction of sp³-hybridized carbons (Fsp3) is 1.00. The molecule has 4 N–H and O–H groups in total. The van der Waals surface area contributed by atoms with E-state index in [1.165, 1.54) is 19.3 Å². The molecule has 0 saturated heterocycles. The van der Waals surface area contributed by atoms with Crippen LogP contribution in [0, 0.1) is 0 Å². The molecule has 1 aliphatic carbocycles. The first-order chi connectivity index (χ1) is 5.64. The van der Waals surface area contributed by atoms with Gasteiger partial charge in [-0.2, -0.15) is 0 Å². The van der Waals surface area contributed by atoms with Gasteiger partial charge in [0.2, 0.25) is 0 Å². The van der Waals surface area contributed by atoms with E-state index in [0.717, 1.165) is 12.8 Å². The molecule has 13 heavy (non-hydrogen) atoms. The van der Waals surface area contributed by atoms with Gasteiger partial charge in [0.05, 0.1) is 6.61 Å². The van der Waals surface area contributed by atoms with Crippen molar-refractivity contribution < 1.29 is 10.6 Å². The fourth-order valence-corrected chi connectivity index (χ4v) is 1.90. The number of hydrogen-bond donors (Lipinski definition) is 2. The van der Waals surface area contributed by atoms with Gasteiger partial charge in [0.15, 0.2) is 4.46 Å². The van der Waals surface area contributed by atoms with E-state index in [0.29, 0.717) is 6.04 Å². The first kappa shape index (κ1) is 13.5. The SMILES string of the molecule is O.OCC(Cl)(Cl)NC1CCCCC1. The van der Waals surface area contributed by atoms with E-state index in [1.54, 1.807) is 0 Å². The van der Waals surface area contributed by atoms with E-state index in [9.17, 15) is 0 Å². The Labute approximate surface area is 88.7 Å². The highest BCUT2D eigenvalue weighted by atomic mass is 35.5. The van der Waals surface area contributed by atoms with Crippen LogP contribution in [0.3, 0.4) is 0 Å². The molecule has 0 aromatic rings. The second-order valence-electron chi connectivity index (χ2n) is 3.34. The summed E-state index contributed by atoms with van der Waals surface area (Å²) in [6.45, 7) is -0.243. The van der Waals surface area contributed by atoms with Gasteiger partial charge >= 0.3 is 0 Å². The lowest BCUT2D eigenvalue weighted by molar-refractivity contribution is 0.237. The van der Waals surface area contributed by atoms with Gasteiger partial charge in [-0.3, -0.25) is 5.32 Å². The van der Waals surface area contributed by atoms with Crippen LogP contribution in [0.25, 0.3) is 0 Å². The topological polar surface area (TPSA) is 63.8 Å². The average molecular weight is 230 g/mol. The lowest BCUT2D eigenvalue weighted by atomic mass is 9.95. The van der Waals surface area contributed by atoms with Crippen LogP contribution in [-0.2, 0) is 0 Å². The van der Waals surface area contributed by atoms with Gasteiger partial charge in [0, 0.05) is 6.04 Å². The number of hydrogen-bond acceptors (Lipinski definition) is 2. The van der Waals surface area contributed by atoms with Crippen LogP contribution >= 0.6 is 23.2 Å². The number of aliphatic hydroxyl groups is 1. The van der Waals surface area contributed by atoms with Crippen LogP contribution < -0.4 is 5.32 Å². The summed E-state index contributed by atoms with van der Waals surface area (Å²) in [5, 5.41) is 11.8. The highest BCUT2D eigenvalue weighted by molar-refractivity contribution is 6.48. The summed E-state index contributed by atoms with van der Waals surface area (Å²) in [5.74, 6) is 0. The number of alkyl halides is 2. The van der Waals surface area contributed by atoms with Crippen LogP contribution in [-0.4, -0.2) is 27.7 Å². The van der Waals surface area contributed by atoms with Crippen LogP contribution in [0.4, 0.5) is 0 Å². The molecule has 80 valence electrons. The maximum absolute atomic E-state index is 8.80. The highest BCUT2D eigenvalue weighted by Crippen LogP contribution is 2.23. The Bertz CT molecular complexity index is 138. The Morgan fingerprint density at radius 3 is 2.23 bits per heavy atom. The van der Waals surface area contributed by atoms with Crippen LogP contribution in [0.1, 0.15) is 32.1 Å². The van der Waals surface area contributed by atoms with Crippen molar-refractivity contribution in [2.75, 3.05) is 6.61 Å². The normalized spacial score (nSPS) is 19.6. The summed E-state index contributed by atoms with van der Waals surface area (Å²) in [4.78, 5) is 0. The molecule has 1 fully saturated rings. The van der Waals surface area contributed by atoms with Crippen molar-refractivity contribution in [3.05, 3.63) is 0 Å². The van der Waals surface area contributed by atoms with Crippen LogP contribution in [0.15, 0.2) is 0 Å². The average Bonchev–Trinajstić information content (AvgIpc) is 2.06. The van der Waals surface area contributed by atoms with E-state index in [2.05, 4.69) is 5.32 Å². The molecule has 0 unspecified atom stereocenters. The summed E-state index contributed by atoms with van der Waals surface area (Å²) in [7, 11) is 0. The third kappa shape index (κ3) is 5.03. The van der Waals surface area contributed by atoms with Crippen molar-refractivity contribution in [2.24, 2.45) is 0 Å². The van der Waals surface area contributed by atoms with Gasteiger partial charge in [-0.25, -0.2) is 0 Å². The van der Waals surface area contributed by atoms with E-state index in [1.807, 2.05) is 0 Å². The number of nitrogens with one attached hydrogen (secondary N) is 1. The monoisotopic (exact) mass is 229 g/mol. The molecule has 0 spiro atoms. The number of halogens is 2. The van der Waals surface area contributed by atoms with Crippen molar-refractivity contribution >= 4 is 23.2 Å². The molecule has 3 nitrogen and oxygen atoms in total. The van der Waals surface area contributed by atoms with Crippen molar-refractivity contribution in [1.29, 1.82) is 0 Å². The smallest absolute Gasteiger partial charge is 0.192 e. The molecule has 5 heteroatoms. The first-order valence-corrected chi connectivity index (χ1v) is 5.16. The van der Waals surface area contributed by atoms with Crippen molar-refractivity contribution in [2.45, 2.75) is 42.6 Å². The fourth-order valence-electron chi connectivity index (χ4n) is 1.59. The minimum Gasteiger partial charge on any atom is -0.412 e. The van der Waals surface area contributed by atoms with Gasteiger partial charge < -0.3 is 10.6 Å². The van der Waals surface area contributed by atoms with E-state index in [4.69, 9.17) is 28.3 Å². The molecule has 0 aromatic heterocycles. The number of aliphatic hydroxyl groups excluding tert-OH is 1. The van der Waals surface area contributed by atoms with Gasteiger partial charge in [0.1, 0.15) is 0 Å². The number of rotatable bonds is 3. The molecule has 0 amide bonds. The molecule has 0 aromatic carbocycles. The quantitative estimate of drug-likeness (QED) is 0.565. The Morgan fingerprint density at radius 1 is 1.23 bits per heavy atom. The zero-order valence-electron chi connectivity index (χ0n) is 7.52. The Morgan fingerprint density at radius 2 is 1.77 bits per heavy atom. The zero-order valence-corrected chi connectivity index (χ0v) is 9.03. The molecule has 0 radical (unpaired) electrons. The van der Waals surface area contributed by atoms with Gasteiger partial charge in [-0.15, -0.1) is 0 Å².